The highest BCUT2D eigenvalue weighted by molar-refractivity contribution is 5.92. The van der Waals surface area contributed by atoms with Crippen LogP contribution in [0.4, 0.5) is 5.69 Å². The number of anilines is 1. The molecule has 19 heavy (non-hydrogen) atoms. The summed E-state index contributed by atoms with van der Waals surface area (Å²) in [6.45, 7) is 3.77. The molecule has 0 radical (unpaired) electrons. The van der Waals surface area contributed by atoms with Crippen molar-refractivity contribution in [2.45, 2.75) is 26.2 Å². The molecule has 0 saturated heterocycles. The molecule has 0 aliphatic carbocycles. The van der Waals surface area contributed by atoms with E-state index in [0.717, 1.165) is 31.5 Å². The van der Waals surface area contributed by atoms with E-state index in [2.05, 4.69) is 22.5 Å². The van der Waals surface area contributed by atoms with Crippen LogP contribution < -0.4 is 16.4 Å². The minimum absolute atomic E-state index is 0.171. The van der Waals surface area contributed by atoms with Gasteiger partial charge in [0.05, 0.1) is 0 Å². The van der Waals surface area contributed by atoms with Gasteiger partial charge in [0.15, 0.2) is 0 Å². The van der Waals surface area contributed by atoms with E-state index < -0.39 is 0 Å². The number of nitrogens with two attached hydrogens (primary N) is 1. The molecule has 0 saturated carbocycles. The lowest BCUT2D eigenvalue weighted by Crippen LogP contribution is -2.20. The first-order chi connectivity index (χ1) is 9.21. The molecule has 5 nitrogen and oxygen atoms in total. The molecule has 0 aliphatic rings. The van der Waals surface area contributed by atoms with Crippen LogP contribution in [-0.4, -0.2) is 31.0 Å². The summed E-state index contributed by atoms with van der Waals surface area (Å²) >= 11 is 0. The van der Waals surface area contributed by atoms with Crippen molar-refractivity contribution in [2.24, 2.45) is 11.7 Å². The zero-order chi connectivity index (χ0) is 14.1. The average molecular weight is 264 g/mol. The summed E-state index contributed by atoms with van der Waals surface area (Å²) < 4.78 is 0. The Morgan fingerprint density at radius 1 is 1.47 bits per heavy atom. The van der Waals surface area contributed by atoms with Crippen molar-refractivity contribution in [1.82, 2.24) is 10.3 Å². The van der Waals surface area contributed by atoms with Crippen LogP contribution in [0.1, 0.15) is 36.7 Å². The number of nitrogens with zero attached hydrogens (tertiary/aromatic N) is 1. The molecular weight excluding hydrogens is 240 g/mol. The number of rotatable bonds is 8. The second-order valence-electron chi connectivity index (χ2n) is 4.62. The smallest absolute Gasteiger partial charge is 0.269 e. The Bertz CT molecular complexity index is 389. The minimum Gasteiger partial charge on any atom is -0.385 e. The first-order valence-corrected chi connectivity index (χ1v) is 6.83. The van der Waals surface area contributed by atoms with E-state index >= 15 is 0 Å². The second kappa shape index (κ2) is 8.48. The molecule has 0 aromatic carbocycles. The average Bonchev–Trinajstić information content (AvgIpc) is 2.44. The highest BCUT2D eigenvalue weighted by Gasteiger charge is 2.08. The molecule has 4 N–H and O–H groups in total. The standard InChI is InChI=1S/C14H24N4O/c1-3-4-11(5-7-15)10-18-12-6-8-17-13(9-12)14(19)16-2/h6,8-9,11H,3-5,7,10,15H2,1-2H3,(H,16,19)(H,17,18). The topological polar surface area (TPSA) is 80.0 Å². The Balaban J connectivity index is 2.58. The fourth-order valence-electron chi connectivity index (χ4n) is 2.05. The number of nitrogens with one attached hydrogen (secondary N) is 2. The lowest BCUT2D eigenvalue weighted by Gasteiger charge is -2.16. The van der Waals surface area contributed by atoms with E-state index in [9.17, 15) is 4.79 Å². The van der Waals surface area contributed by atoms with E-state index in [-0.39, 0.29) is 5.91 Å². The quantitative estimate of drug-likeness (QED) is 0.666. The van der Waals surface area contributed by atoms with Gasteiger partial charge >= 0.3 is 0 Å². The Morgan fingerprint density at radius 2 is 2.26 bits per heavy atom. The third kappa shape index (κ3) is 5.26. The van der Waals surface area contributed by atoms with Gasteiger partial charge in [0.1, 0.15) is 5.69 Å². The lowest BCUT2D eigenvalue weighted by molar-refractivity contribution is 0.0958. The Morgan fingerprint density at radius 3 is 2.89 bits per heavy atom. The fraction of sp³-hybridized carbons (Fsp3) is 0.571. The van der Waals surface area contributed by atoms with Crippen LogP contribution in [0.15, 0.2) is 18.3 Å². The normalized spacial score (nSPS) is 11.9. The molecule has 0 aliphatic heterocycles. The number of carbonyl (C=O) groups is 1. The number of aromatic nitrogens is 1. The molecule has 106 valence electrons. The van der Waals surface area contributed by atoms with Crippen LogP contribution in [-0.2, 0) is 0 Å². The molecule has 0 bridgehead atoms. The minimum atomic E-state index is -0.171. The summed E-state index contributed by atoms with van der Waals surface area (Å²) in [6.07, 6.45) is 4.99. The van der Waals surface area contributed by atoms with Crippen molar-refractivity contribution >= 4 is 11.6 Å². The van der Waals surface area contributed by atoms with Crippen molar-refractivity contribution < 1.29 is 4.79 Å². The number of hydrogen-bond donors (Lipinski definition) is 3. The van der Waals surface area contributed by atoms with Gasteiger partial charge in [-0.1, -0.05) is 13.3 Å². The van der Waals surface area contributed by atoms with Gasteiger partial charge in [-0.05, 0) is 37.4 Å². The summed E-state index contributed by atoms with van der Waals surface area (Å²) in [5, 5.41) is 5.93. The number of pyridine rings is 1. The van der Waals surface area contributed by atoms with Crippen molar-refractivity contribution in [3.63, 3.8) is 0 Å². The first-order valence-electron chi connectivity index (χ1n) is 6.83. The molecule has 1 unspecified atom stereocenters. The van der Waals surface area contributed by atoms with Crippen molar-refractivity contribution in [3.8, 4) is 0 Å². The lowest BCUT2D eigenvalue weighted by atomic mass is 10.00. The molecule has 1 rings (SSSR count). The second-order valence-corrected chi connectivity index (χ2v) is 4.62. The van der Waals surface area contributed by atoms with E-state index in [4.69, 9.17) is 5.73 Å². The summed E-state index contributed by atoms with van der Waals surface area (Å²) in [4.78, 5) is 15.5. The predicted molar refractivity (Wildman–Crippen MR) is 78.2 cm³/mol. The molecule has 0 spiro atoms. The Kier molecular flexibility index (Phi) is 6.89. The molecule has 0 fully saturated rings. The van der Waals surface area contributed by atoms with E-state index in [1.165, 1.54) is 0 Å². The predicted octanol–water partition coefficient (Wildman–Crippen LogP) is 1.62. The van der Waals surface area contributed by atoms with Gasteiger partial charge in [-0.3, -0.25) is 9.78 Å². The van der Waals surface area contributed by atoms with Crippen molar-refractivity contribution in [2.75, 3.05) is 25.5 Å². The highest BCUT2D eigenvalue weighted by atomic mass is 16.1. The first kappa shape index (κ1) is 15.4. The van der Waals surface area contributed by atoms with E-state index in [1.807, 2.05) is 6.07 Å². The largest absolute Gasteiger partial charge is 0.385 e. The van der Waals surface area contributed by atoms with Gasteiger partial charge in [0.2, 0.25) is 0 Å². The summed E-state index contributed by atoms with van der Waals surface area (Å²) in [5.41, 5.74) is 6.97. The highest BCUT2D eigenvalue weighted by Crippen LogP contribution is 2.13. The van der Waals surface area contributed by atoms with Gasteiger partial charge in [-0.2, -0.15) is 0 Å². The van der Waals surface area contributed by atoms with Crippen molar-refractivity contribution in [3.05, 3.63) is 24.0 Å². The number of carbonyl (C=O) groups excluding carboxylic acids is 1. The van der Waals surface area contributed by atoms with Crippen LogP contribution in [0.5, 0.6) is 0 Å². The van der Waals surface area contributed by atoms with Crippen molar-refractivity contribution in [1.29, 1.82) is 0 Å². The monoisotopic (exact) mass is 264 g/mol. The summed E-state index contributed by atoms with van der Waals surface area (Å²) in [7, 11) is 1.60. The Labute approximate surface area is 115 Å². The maximum Gasteiger partial charge on any atom is 0.269 e. The van der Waals surface area contributed by atoms with E-state index in [0.29, 0.717) is 18.2 Å². The maximum absolute atomic E-state index is 11.5. The molecule has 1 amide bonds. The van der Waals surface area contributed by atoms with E-state index in [1.54, 1.807) is 19.3 Å². The number of amides is 1. The molecular formula is C14H24N4O. The van der Waals surface area contributed by atoms with Gasteiger partial charge in [-0.15, -0.1) is 0 Å². The van der Waals surface area contributed by atoms with Gasteiger partial charge < -0.3 is 16.4 Å². The Hall–Kier alpha value is -1.62. The maximum atomic E-state index is 11.5. The van der Waals surface area contributed by atoms with Gasteiger partial charge in [-0.25, -0.2) is 0 Å². The fourth-order valence-corrected chi connectivity index (χ4v) is 2.05. The molecule has 1 heterocycles. The molecule has 1 aromatic rings. The van der Waals surface area contributed by atoms with Gasteiger partial charge in [0, 0.05) is 25.5 Å². The molecule has 1 aromatic heterocycles. The molecule has 1 atom stereocenters. The molecule has 5 heteroatoms. The third-order valence-corrected chi connectivity index (χ3v) is 3.09. The van der Waals surface area contributed by atoms with Crippen LogP contribution in [0.25, 0.3) is 0 Å². The van der Waals surface area contributed by atoms with Crippen LogP contribution in [0.3, 0.4) is 0 Å². The SMILES string of the molecule is CCCC(CCN)CNc1ccnc(C(=O)NC)c1. The number of hydrogen-bond acceptors (Lipinski definition) is 4. The zero-order valence-corrected chi connectivity index (χ0v) is 11.8. The van der Waals surface area contributed by atoms with Crippen LogP contribution >= 0.6 is 0 Å². The van der Waals surface area contributed by atoms with Crippen LogP contribution in [0, 0.1) is 5.92 Å². The third-order valence-electron chi connectivity index (χ3n) is 3.09. The zero-order valence-electron chi connectivity index (χ0n) is 11.8. The summed E-state index contributed by atoms with van der Waals surface area (Å²) in [6, 6.07) is 3.64. The van der Waals surface area contributed by atoms with Crippen LogP contribution in [0.2, 0.25) is 0 Å². The van der Waals surface area contributed by atoms with Gasteiger partial charge in [0.25, 0.3) is 5.91 Å². The summed E-state index contributed by atoms with van der Waals surface area (Å²) in [5.74, 6) is 0.405.